The second-order valence-corrected chi connectivity index (χ2v) is 8.17. The van der Waals surface area contributed by atoms with Crippen LogP contribution in [0, 0.1) is 0 Å². The third-order valence-corrected chi connectivity index (χ3v) is 5.92. The lowest BCUT2D eigenvalue weighted by molar-refractivity contribution is -0.136. The fraction of sp³-hybridized carbons (Fsp3) is 0.385. The lowest BCUT2D eigenvalue weighted by atomic mass is 10.0. The molecule has 33 heavy (non-hydrogen) atoms. The van der Waals surface area contributed by atoms with E-state index in [1.165, 1.54) is 24.2 Å². The standard InChI is InChI=1S/C26H30N2O5/c1-3-4-5-6-7-10-15-28-25(29)23(19-11-8-9-12-20(19)31-2)24(26(28)30)27-18-13-14-21-22(16-18)33-17-32-21/h8-9,11-14,16,27H,3-7,10,15,17H2,1-2H3. The maximum atomic E-state index is 13.4. The number of nitrogens with zero attached hydrogens (tertiary/aromatic N) is 1. The summed E-state index contributed by atoms with van der Waals surface area (Å²) in [4.78, 5) is 28.2. The van der Waals surface area contributed by atoms with Gasteiger partial charge in [-0.3, -0.25) is 14.5 Å². The summed E-state index contributed by atoms with van der Waals surface area (Å²) in [6.45, 7) is 2.74. The number of hydrogen-bond donors (Lipinski definition) is 1. The summed E-state index contributed by atoms with van der Waals surface area (Å²) in [5.74, 6) is 1.16. The molecule has 2 aromatic rings. The van der Waals surface area contributed by atoms with Gasteiger partial charge in [-0.1, -0.05) is 57.2 Å². The fourth-order valence-corrected chi connectivity index (χ4v) is 4.16. The van der Waals surface area contributed by atoms with Crippen LogP contribution in [0.5, 0.6) is 17.2 Å². The zero-order valence-electron chi connectivity index (χ0n) is 19.2. The Hall–Kier alpha value is -3.48. The van der Waals surface area contributed by atoms with Crippen LogP contribution in [0.1, 0.15) is 51.0 Å². The predicted molar refractivity (Wildman–Crippen MR) is 126 cm³/mol. The van der Waals surface area contributed by atoms with Crippen molar-refractivity contribution >= 4 is 23.1 Å². The van der Waals surface area contributed by atoms with Crippen LogP contribution >= 0.6 is 0 Å². The lowest BCUT2D eigenvalue weighted by Gasteiger charge is -2.15. The molecule has 0 aromatic heterocycles. The Balaban J connectivity index is 1.60. The maximum Gasteiger partial charge on any atom is 0.278 e. The van der Waals surface area contributed by atoms with E-state index in [-0.39, 0.29) is 24.3 Å². The first-order valence-electron chi connectivity index (χ1n) is 11.5. The summed E-state index contributed by atoms with van der Waals surface area (Å²) >= 11 is 0. The monoisotopic (exact) mass is 450 g/mol. The average molecular weight is 451 g/mol. The van der Waals surface area contributed by atoms with E-state index in [0.717, 1.165) is 19.3 Å². The molecule has 0 bridgehead atoms. The third kappa shape index (κ3) is 4.82. The number of methoxy groups -OCH3 is 1. The van der Waals surface area contributed by atoms with Gasteiger partial charge in [0.1, 0.15) is 11.4 Å². The van der Waals surface area contributed by atoms with Gasteiger partial charge in [0.15, 0.2) is 11.5 Å². The molecule has 0 spiro atoms. The van der Waals surface area contributed by atoms with Gasteiger partial charge in [0.2, 0.25) is 6.79 Å². The van der Waals surface area contributed by atoms with E-state index in [1.54, 1.807) is 37.4 Å². The van der Waals surface area contributed by atoms with Gasteiger partial charge in [-0.2, -0.15) is 0 Å². The highest BCUT2D eigenvalue weighted by molar-refractivity contribution is 6.37. The molecule has 0 saturated heterocycles. The molecule has 0 unspecified atom stereocenters. The summed E-state index contributed by atoms with van der Waals surface area (Å²) in [6.07, 6.45) is 6.47. The third-order valence-electron chi connectivity index (χ3n) is 5.92. The van der Waals surface area contributed by atoms with E-state index in [1.807, 2.05) is 12.1 Å². The fourth-order valence-electron chi connectivity index (χ4n) is 4.16. The Morgan fingerprint density at radius 2 is 1.70 bits per heavy atom. The molecule has 7 heteroatoms. The Kier molecular flexibility index (Phi) is 7.17. The van der Waals surface area contributed by atoms with Crippen LogP contribution < -0.4 is 19.5 Å². The number of para-hydroxylation sites is 1. The summed E-state index contributed by atoms with van der Waals surface area (Å²) in [5.41, 5.74) is 1.80. The van der Waals surface area contributed by atoms with E-state index < -0.39 is 0 Å². The van der Waals surface area contributed by atoms with Crippen molar-refractivity contribution in [3.05, 3.63) is 53.7 Å². The van der Waals surface area contributed by atoms with Gasteiger partial charge in [0, 0.05) is 23.9 Å². The number of benzene rings is 2. The second kappa shape index (κ2) is 10.4. The van der Waals surface area contributed by atoms with Crippen molar-refractivity contribution in [1.29, 1.82) is 0 Å². The summed E-state index contributed by atoms with van der Waals surface area (Å²) in [6, 6.07) is 12.6. The first kappa shape index (κ1) is 22.7. The van der Waals surface area contributed by atoms with Crippen LogP contribution in [-0.2, 0) is 9.59 Å². The molecule has 0 fully saturated rings. The molecule has 1 N–H and O–H groups in total. The molecule has 2 aliphatic rings. The Morgan fingerprint density at radius 3 is 2.52 bits per heavy atom. The summed E-state index contributed by atoms with van der Waals surface area (Å²) in [7, 11) is 1.56. The normalized spacial score (nSPS) is 14.9. The lowest BCUT2D eigenvalue weighted by Crippen LogP contribution is -2.33. The number of nitrogens with one attached hydrogen (secondary N) is 1. The maximum absolute atomic E-state index is 13.4. The van der Waals surface area contributed by atoms with Gasteiger partial charge in [0.05, 0.1) is 12.7 Å². The summed E-state index contributed by atoms with van der Waals surface area (Å²) in [5, 5.41) is 3.18. The number of hydrogen-bond acceptors (Lipinski definition) is 6. The number of unbranched alkanes of at least 4 members (excludes halogenated alkanes) is 5. The van der Waals surface area contributed by atoms with Crippen molar-refractivity contribution in [2.75, 3.05) is 25.8 Å². The topological polar surface area (TPSA) is 77.1 Å². The number of fused-ring (bicyclic) bond motifs is 1. The molecule has 2 aliphatic heterocycles. The number of rotatable bonds is 11. The molecular weight excluding hydrogens is 420 g/mol. The SMILES string of the molecule is CCCCCCCCN1C(=O)C(Nc2ccc3c(c2)OCO3)=C(c2ccccc2OC)C1=O. The van der Waals surface area contributed by atoms with Gasteiger partial charge in [-0.25, -0.2) is 0 Å². The van der Waals surface area contributed by atoms with Gasteiger partial charge in [-0.05, 0) is 24.6 Å². The average Bonchev–Trinajstić information content (AvgIpc) is 3.39. The molecule has 0 saturated carbocycles. The molecule has 0 atom stereocenters. The van der Waals surface area contributed by atoms with Gasteiger partial charge in [0.25, 0.3) is 11.8 Å². The van der Waals surface area contributed by atoms with Gasteiger partial charge in [-0.15, -0.1) is 0 Å². The van der Waals surface area contributed by atoms with E-state index >= 15 is 0 Å². The molecule has 4 rings (SSSR count). The van der Waals surface area contributed by atoms with Crippen LogP contribution in [0.3, 0.4) is 0 Å². The van der Waals surface area contributed by atoms with E-state index in [4.69, 9.17) is 14.2 Å². The number of imide groups is 1. The molecule has 174 valence electrons. The molecule has 0 aliphatic carbocycles. The van der Waals surface area contributed by atoms with E-state index in [2.05, 4.69) is 12.2 Å². The second-order valence-electron chi connectivity index (χ2n) is 8.17. The molecule has 2 heterocycles. The van der Waals surface area contributed by atoms with Crippen LogP contribution in [0.15, 0.2) is 48.2 Å². The molecule has 2 amide bonds. The van der Waals surface area contributed by atoms with Gasteiger partial charge < -0.3 is 19.5 Å². The first-order chi connectivity index (χ1) is 16.1. The van der Waals surface area contributed by atoms with Crippen molar-refractivity contribution in [1.82, 2.24) is 4.90 Å². The Bertz CT molecular complexity index is 1060. The number of amides is 2. The first-order valence-corrected chi connectivity index (χ1v) is 11.5. The van der Waals surface area contributed by atoms with Crippen LogP contribution in [0.4, 0.5) is 5.69 Å². The number of carbonyl (C=O) groups is 2. The van der Waals surface area contributed by atoms with E-state index in [9.17, 15) is 9.59 Å². The van der Waals surface area contributed by atoms with Crippen LogP contribution in [-0.4, -0.2) is 37.2 Å². The minimum absolute atomic E-state index is 0.164. The highest BCUT2D eigenvalue weighted by Gasteiger charge is 2.40. The molecular formula is C26H30N2O5. The Morgan fingerprint density at radius 1 is 0.939 bits per heavy atom. The minimum Gasteiger partial charge on any atom is -0.496 e. The number of carbonyl (C=O) groups excluding carboxylic acids is 2. The molecule has 2 aromatic carbocycles. The number of ether oxygens (including phenoxy) is 3. The molecule has 7 nitrogen and oxygen atoms in total. The summed E-state index contributed by atoms with van der Waals surface area (Å²) < 4.78 is 16.3. The van der Waals surface area contributed by atoms with Crippen molar-refractivity contribution < 1.29 is 23.8 Å². The zero-order valence-corrected chi connectivity index (χ0v) is 19.2. The van der Waals surface area contributed by atoms with E-state index in [0.29, 0.717) is 40.6 Å². The quantitative estimate of drug-likeness (QED) is 0.384. The van der Waals surface area contributed by atoms with Crippen molar-refractivity contribution in [2.45, 2.75) is 45.4 Å². The van der Waals surface area contributed by atoms with Crippen molar-refractivity contribution in [3.8, 4) is 17.2 Å². The molecule has 0 radical (unpaired) electrons. The Labute approximate surface area is 194 Å². The highest BCUT2D eigenvalue weighted by Crippen LogP contribution is 2.38. The predicted octanol–water partition coefficient (Wildman–Crippen LogP) is 4.98. The highest BCUT2D eigenvalue weighted by atomic mass is 16.7. The minimum atomic E-state index is -0.327. The number of anilines is 1. The van der Waals surface area contributed by atoms with Crippen molar-refractivity contribution in [2.24, 2.45) is 0 Å². The van der Waals surface area contributed by atoms with Gasteiger partial charge >= 0.3 is 0 Å². The zero-order chi connectivity index (χ0) is 23.2. The largest absolute Gasteiger partial charge is 0.496 e. The van der Waals surface area contributed by atoms with Crippen LogP contribution in [0.25, 0.3) is 5.57 Å². The van der Waals surface area contributed by atoms with Crippen LogP contribution in [0.2, 0.25) is 0 Å². The smallest absolute Gasteiger partial charge is 0.278 e. The van der Waals surface area contributed by atoms with Crippen molar-refractivity contribution in [3.63, 3.8) is 0 Å².